The topological polar surface area (TPSA) is 116 Å². The smallest absolute Gasteiger partial charge is 0.318 e. The lowest BCUT2D eigenvalue weighted by molar-refractivity contribution is -0.394. The SMILES string of the molecule is O=C1/C(=C\c2ccc(Oc3ccc([N+](=O)[O-])cc3[N+](=O)[O-])cc2)SC(=S)N1c1cccc2ccccc12. The molecule has 0 N–H and O–H groups in total. The summed E-state index contributed by atoms with van der Waals surface area (Å²) in [5.41, 5.74) is 0.493. The standard InChI is InChI=1S/C26H15N3O6S2/c30-25-24(37-26(36)27(25)21-7-3-5-17-4-1-2-6-20(17)21)14-16-8-11-19(12-9-16)35-23-13-10-18(28(31)32)15-22(23)29(33)34/h1-15H/b24-14+. The molecule has 182 valence electrons. The second-order valence-electron chi connectivity index (χ2n) is 7.85. The number of ether oxygens (including phenoxy) is 1. The minimum atomic E-state index is -0.741. The Hall–Kier alpha value is -4.61. The van der Waals surface area contributed by atoms with Crippen LogP contribution in [-0.4, -0.2) is 20.1 Å². The molecule has 5 rings (SSSR count). The van der Waals surface area contributed by atoms with E-state index in [2.05, 4.69) is 0 Å². The number of non-ortho nitro benzene ring substituents is 1. The monoisotopic (exact) mass is 529 g/mol. The van der Waals surface area contributed by atoms with E-state index in [4.69, 9.17) is 17.0 Å². The molecule has 1 fully saturated rings. The zero-order chi connectivity index (χ0) is 26.1. The fourth-order valence-electron chi connectivity index (χ4n) is 3.84. The fourth-order valence-corrected chi connectivity index (χ4v) is 5.12. The molecule has 0 radical (unpaired) electrons. The molecule has 0 unspecified atom stereocenters. The molecule has 9 nitrogen and oxygen atoms in total. The zero-order valence-corrected chi connectivity index (χ0v) is 20.4. The predicted molar refractivity (Wildman–Crippen MR) is 146 cm³/mol. The maximum absolute atomic E-state index is 13.3. The number of thiocarbonyl (C=S) groups is 1. The Morgan fingerprint density at radius 1 is 0.892 bits per heavy atom. The number of hydrogen-bond donors (Lipinski definition) is 0. The molecule has 11 heteroatoms. The molecular weight excluding hydrogens is 514 g/mol. The number of nitro benzene ring substituents is 2. The van der Waals surface area contributed by atoms with Crippen LogP contribution in [0.4, 0.5) is 17.1 Å². The average Bonchev–Trinajstić information content (AvgIpc) is 3.17. The van der Waals surface area contributed by atoms with Crippen molar-refractivity contribution in [1.29, 1.82) is 0 Å². The van der Waals surface area contributed by atoms with Crippen molar-refractivity contribution in [2.24, 2.45) is 0 Å². The Morgan fingerprint density at radius 3 is 2.35 bits per heavy atom. The molecule has 0 atom stereocenters. The molecule has 1 aliphatic rings. The van der Waals surface area contributed by atoms with Crippen LogP contribution in [0.25, 0.3) is 16.8 Å². The Bertz CT molecular complexity index is 1630. The summed E-state index contributed by atoms with van der Waals surface area (Å²) in [7, 11) is 0. The number of nitro groups is 2. The quantitative estimate of drug-likeness (QED) is 0.115. The highest BCUT2D eigenvalue weighted by atomic mass is 32.2. The Balaban J connectivity index is 1.38. The van der Waals surface area contributed by atoms with Gasteiger partial charge in [0, 0.05) is 11.5 Å². The van der Waals surface area contributed by atoms with E-state index in [1.807, 2.05) is 42.5 Å². The summed E-state index contributed by atoms with van der Waals surface area (Å²) in [6.07, 6.45) is 1.71. The third kappa shape index (κ3) is 4.77. The Morgan fingerprint density at radius 2 is 1.62 bits per heavy atom. The van der Waals surface area contributed by atoms with Crippen molar-refractivity contribution in [3.05, 3.63) is 116 Å². The van der Waals surface area contributed by atoms with Crippen LogP contribution < -0.4 is 9.64 Å². The van der Waals surface area contributed by atoms with Gasteiger partial charge in [0.1, 0.15) is 5.75 Å². The first kappa shape index (κ1) is 24.1. The molecule has 0 saturated carbocycles. The van der Waals surface area contributed by atoms with Gasteiger partial charge in [0.25, 0.3) is 11.6 Å². The van der Waals surface area contributed by atoms with Gasteiger partial charge in [-0.2, -0.15) is 0 Å². The number of nitrogens with zero attached hydrogens (tertiary/aromatic N) is 3. The van der Waals surface area contributed by atoms with Gasteiger partial charge in [-0.15, -0.1) is 0 Å². The summed E-state index contributed by atoms with van der Waals surface area (Å²) in [4.78, 5) is 36.1. The van der Waals surface area contributed by atoms with Gasteiger partial charge in [0.2, 0.25) is 5.75 Å². The van der Waals surface area contributed by atoms with E-state index in [0.717, 1.165) is 28.6 Å². The van der Waals surface area contributed by atoms with Gasteiger partial charge in [0.15, 0.2) is 4.32 Å². The Kier molecular flexibility index (Phi) is 6.38. The molecule has 0 aliphatic carbocycles. The number of carbonyl (C=O) groups is 1. The van der Waals surface area contributed by atoms with Crippen LogP contribution in [0, 0.1) is 20.2 Å². The molecule has 0 aromatic heterocycles. The van der Waals surface area contributed by atoms with E-state index >= 15 is 0 Å². The average molecular weight is 530 g/mol. The number of rotatable bonds is 6. The number of benzene rings is 4. The van der Waals surface area contributed by atoms with E-state index in [1.165, 1.54) is 22.7 Å². The maximum Gasteiger partial charge on any atom is 0.318 e. The summed E-state index contributed by atoms with van der Waals surface area (Å²) in [6.45, 7) is 0. The first-order valence-corrected chi connectivity index (χ1v) is 12.0. The van der Waals surface area contributed by atoms with E-state index in [-0.39, 0.29) is 17.4 Å². The zero-order valence-electron chi connectivity index (χ0n) is 18.8. The summed E-state index contributed by atoms with van der Waals surface area (Å²) >= 11 is 6.72. The molecule has 0 bridgehead atoms. The highest BCUT2D eigenvalue weighted by Gasteiger charge is 2.34. The van der Waals surface area contributed by atoms with Gasteiger partial charge in [-0.05, 0) is 41.3 Å². The number of fused-ring (bicyclic) bond motifs is 1. The van der Waals surface area contributed by atoms with Crippen LogP contribution >= 0.6 is 24.0 Å². The van der Waals surface area contributed by atoms with Crippen molar-refractivity contribution in [3.8, 4) is 11.5 Å². The van der Waals surface area contributed by atoms with E-state index in [9.17, 15) is 25.0 Å². The highest BCUT2D eigenvalue weighted by Crippen LogP contribution is 2.39. The van der Waals surface area contributed by atoms with Gasteiger partial charge in [-0.1, -0.05) is 72.5 Å². The molecule has 1 heterocycles. The number of carbonyl (C=O) groups excluding carboxylic acids is 1. The minimum Gasteiger partial charge on any atom is -0.450 e. The van der Waals surface area contributed by atoms with Crippen LogP contribution in [0.2, 0.25) is 0 Å². The predicted octanol–water partition coefficient (Wildman–Crippen LogP) is 6.85. The molecule has 0 spiro atoms. The largest absolute Gasteiger partial charge is 0.450 e. The second kappa shape index (κ2) is 9.80. The number of amides is 1. The lowest BCUT2D eigenvalue weighted by atomic mass is 10.1. The van der Waals surface area contributed by atoms with Crippen LogP contribution in [0.3, 0.4) is 0 Å². The summed E-state index contributed by atoms with van der Waals surface area (Å²) in [5.74, 6) is -0.0649. The van der Waals surface area contributed by atoms with E-state index < -0.39 is 21.2 Å². The van der Waals surface area contributed by atoms with Crippen molar-refractivity contribution in [3.63, 3.8) is 0 Å². The summed E-state index contributed by atoms with van der Waals surface area (Å²) in [6, 6.07) is 23.2. The Labute approximate surface area is 219 Å². The fraction of sp³-hybridized carbons (Fsp3) is 0. The molecule has 1 aliphatic heterocycles. The second-order valence-corrected chi connectivity index (χ2v) is 9.53. The van der Waals surface area contributed by atoms with Crippen LogP contribution in [0.5, 0.6) is 11.5 Å². The van der Waals surface area contributed by atoms with Crippen molar-refractivity contribution in [2.45, 2.75) is 0 Å². The van der Waals surface area contributed by atoms with Gasteiger partial charge in [0.05, 0.1) is 26.5 Å². The molecule has 37 heavy (non-hydrogen) atoms. The van der Waals surface area contributed by atoms with Gasteiger partial charge >= 0.3 is 5.69 Å². The lowest BCUT2D eigenvalue weighted by Gasteiger charge is -2.17. The maximum atomic E-state index is 13.3. The van der Waals surface area contributed by atoms with Gasteiger partial charge in [-0.25, -0.2) is 0 Å². The lowest BCUT2D eigenvalue weighted by Crippen LogP contribution is -2.27. The number of hydrogen-bond acceptors (Lipinski definition) is 8. The third-order valence-electron chi connectivity index (χ3n) is 5.56. The normalized spacial score (nSPS) is 14.4. The highest BCUT2D eigenvalue weighted by molar-refractivity contribution is 8.27. The summed E-state index contributed by atoms with van der Waals surface area (Å²) in [5, 5.41) is 24.2. The van der Waals surface area contributed by atoms with Crippen LogP contribution in [-0.2, 0) is 4.79 Å². The van der Waals surface area contributed by atoms with Crippen molar-refractivity contribution in [2.75, 3.05) is 4.90 Å². The van der Waals surface area contributed by atoms with E-state index in [1.54, 1.807) is 30.3 Å². The number of anilines is 1. The van der Waals surface area contributed by atoms with Crippen LogP contribution in [0.15, 0.2) is 89.8 Å². The van der Waals surface area contributed by atoms with Crippen molar-refractivity contribution >= 4 is 68.1 Å². The molecule has 4 aromatic carbocycles. The first-order valence-electron chi connectivity index (χ1n) is 10.8. The third-order valence-corrected chi connectivity index (χ3v) is 6.86. The first-order chi connectivity index (χ1) is 17.8. The van der Waals surface area contributed by atoms with E-state index in [0.29, 0.717) is 14.8 Å². The van der Waals surface area contributed by atoms with Gasteiger partial charge in [-0.3, -0.25) is 29.9 Å². The molecule has 1 saturated heterocycles. The minimum absolute atomic E-state index is 0.126. The molecular formula is C26H15N3O6S2. The molecule has 1 amide bonds. The van der Waals surface area contributed by atoms with Crippen LogP contribution in [0.1, 0.15) is 5.56 Å². The van der Waals surface area contributed by atoms with Crippen molar-refractivity contribution in [1.82, 2.24) is 0 Å². The number of thioether (sulfide) groups is 1. The molecule has 4 aromatic rings. The van der Waals surface area contributed by atoms with Gasteiger partial charge < -0.3 is 4.74 Å². The van der Waals surface area contributed by atoms with Crippen molar-refractivity contribution < 1.29 is 19.4 Å². The summed E-state index contributed by atoms with van der Waals surface area (Å²) < 4.78 is 6.03.